The Bertz CT molecular complexity index is 262. The predicted octanol–water partition coefficient (Wildman–Crippen LogP) is 3.58. The Labute approximate surface area is 106 Å². The van der Waals surface area contributed by atoms with E-state index in [1.807, 2.05) is 0 Å². The van der Waals surface area contributed by atoms with Crippen LogP contribution in [0.1, 0.15) is 65.2 Å². The lowest BCUT2D eigenvalue weighted by molar-refractivity contribution is 0.254. The fraction of sp³-hybridized carbons (Fsp3) is 1.00. The molecule has 0 fully saturated rings. The molecule has 17 heavy (non-hydrogen) atoms. The molecule has 104 valence electrons. The third-order valence-corrected chi connectivity index (χ3v) is 3.34. The fourth-order valence-electron chi connectivity index (χ4n) is 1.84. The standard InChI is InChI=1S/C12H26O4S/c1-3-4-5-6-7-9-12(2)10-8-11-16-17(13,14)15/h12H,3-11H2,1-2H3,(H,13,14,15). The van der Waals surface area contributed by atoms with E-state index in [0.717, 1.165) is 6.42 Å². The van der Waals surface area contributed by atoms with E-state index in [0.29, 0.717) is 12.3 Å². The van der Waals surface area contributed by atoms with Crippen LogP contribution >= 0.6 is 0 Å². The summed E-state index contributed by atoms with van der Waals surface area (Å²) < 4.78 is 33.2. The summed E-state index contributed by atoms with van der Waals surface area (Å²) in [5.74, 6) is 0.599. The molecule has 0 bridgehead atoms. The first-order valence-electron chi connectivity index (χ1n) is 6.57. The van der Waals surface area contributed by atoms with Crippen molar-refractivity contribution in [3.8, 4) is 0 Å². The van der Waals surface area contributed by atoms with E-state index in [2.05, 4.69) is 18.0 Å². The van der Waals surface area contributed by atoms with Crippen molar-refractivity contribution in [2.75, 3.05) is 6.61 Å². The maximum atomic E-state index is 10.3. The van der Waals surface area contributed by atoms with Crippen molar-refractivity contribution in [2.45, 2.75) is 65.2 Å². The lowest BCUT2D eigenvalue weighted by atomic mass is 9.98. The Balaban J connectivity index is 3.32. The van der Waals surface area contributed by atoms with Gasteiger partial charge >= 0.3 is 10.4 Å². The largest absolute Gasteiger partial charge is 0.397 e. The van der Waals surface area contributed by atoms with Gasteiger partial charge in [-0.15, -0.1) is 0 Å². The van der Waals surface area contributed by atoms with Crippen molar-refractivity contribution in [3.05, 3.63) is 0 Å². The van der Waals surface area contributed by atoms with Crippen molar-refractivity contribution in [2.24, 2.45) is 5.92 Å². The zero-order valence-electron chi connectivity index (χ0n) is 11.0. The van der Waals surface area contributed by atoms with Crippen molar-refractivity contribution in [1.82, 2.24) is 0 Å². The van der Waals surface area contributed by atoms with E-state index in [1.165, 1.54) is 38.5 Å². The van der Waals surface area contributed by atoms with Gasteiger partial charge in [-0.25, -0.2) is 4.18 Å². The van der Waals surface area contributed by atoms with Crippen LogP contribution in [0, 0.1) is 5.92 Å². The summed E-state index contributed by atoms with van der Waals surface area (Å²) >= 11 is 0. The van der Waals surface area contributed by atoms with Crippen LogP contribution in [0.3, 0.4) is 0 Å². The Kier molecular flexibility index (Phi) is 9.78. The average molecular weight is 266 g/mol. The van der Waals surface area contributed by atoms with Gasteiger partial charge in [0.05, 0.1) is 6.61 Å². The molecule has 0 rings (SSSR count). The number of hydrogen-bond acceptors (Lipinski definition) is 3. The summed E-state index contributed by atoms with van der Waals surface area (Å²) in [7, 11) is -4.25. The van der Waals surface area contributed by atoms with Crippen molar-refractivity contribution in [3.63, 3.8) is 0 Å². The minimum atomic E-state index is -4.25. The zero-order valence-corrected chi connectivity index (χ0v) is 11.8. The maximum absolute atomic E-state index is 10.3. The molecule has 0 aliphatic rings. The van der Waals surface area contributed by atoms with Crippen LogP contribution in [0.4, 0.5) is 0 Å². The average Bonchev–Trinajstić information content (AvgIpc) is 2.23. The van der Waals surface area contributed by atoms with Crippen LogP contribution in [-0.2, 0) is 14.6 Å². The lowest BCUT2D eigenvalue weighted by Gasteiger charge is -2.10. The zero-order chi connectivity index (χ0) is 13.1. The second-order valence-corrected chi connectivity index (χ2v) is 5.79. The molecule has 0 aliphatic heterocycles. The van der Waals surface area contributed by atoms with E-state index >= 15 is 0 Å². The Hall–Kier alpha value is -0.130. The molecule has 0 saturated carbocycles. The summed E-state index contributed by atoms with van der Waals surface area (Å²) in [6.07, 6.45) is 9.25. The van der Waals surface area contributed by atoms with E-state index in [9.17, 15) is 8.42 Å². The molecule has 1 unspecified atom stereocenters. The van der Waals surface area contributed by atoms with E-state index in [-0.39, 0.29) is 6.61 Å². The molecule has 1 atom stereocenters. The molecule has 4 nitrogen and oxygen atoms in total. The molecule has 0 spiro atoms. The van der Waals surface area contributed by atoms with Gasteiger partial charge in [0.1, 0.15) is 0 Å². The summed E-state index contributed by atoms with van der Waals surface area (Å²) in [6.45, 7) is 4.46. The van der Waals surface area contributed by atoms with Crippen molar-refractivity contribution >= 4 is 10.4 Å². The first kappa shape index (κ1) is 16.9. The van der Waals surface area contributed by atoms with Crippen LogP contribution in [0.15, 0.2) is 0 Å². The minimum absolute atomic E-state index is 0.0823. The highest BCUT2D eigenvalue weighted by molar-refractivity contribution is 7.80. The molecule has 0 saturated heterocycles. The molecule has 0 aliphatic carbocycles. The van der Waals surface area contributed by atoms with Gasteiger partial charge in [-0.2, -0.15) is 8.42 Å². The Morgan fingerprint density at radius 1 is 1.06 bits per heavy atom. The SMILES string of the molecule is CCCCCCCC(C)CCCOS(=O)(=O)O. The fourth-order valence-corrected chi connectivity index (χ4v) is 2.17. The molecule has 0 aromatic carbocycles. The van der Waals surface area contributed by atoms with Gasteiger partial charge in [0.25, 0.3) is 0 Å². The van der Waals surface area contributed by atoms with Crippen molar-refractivity contribution in [1.29, 1.82) is 0 Å². The summed E-state index contributed by atoms with van der Waals surface area (Å²) in [6, 6.07) is 0. The molecule has 0 aromatic heterocycles. The molecular weight excluding hydrogens is 240 g/mol. The topological polar surface area (TPSA) is 63.6 Å². The highest BCUT2D eigenvalue weighted by atomic mass is 32.3. The summed E-state index contributed by atoms with van der Waals surface area (Å²) in [5, 5.41) is 0. The van der Waals surface area contributed by atoms with Gasteiger partial charge in [0.2, 0.25) is 0 Å². The van der Waals surface area contributed by atoms with Crippen LogP contribution in [-0.4, -0.2) is 19.6 Å². The molecule has 1 N–H and O–H groups in total. The van der Waals surface area contributed by atoms with E-state index in [4.69, 9.17) is 4.55 Å². The smallest absolute Gasteiger partial charge is 0.264 e. The van der Waals surface area contributed by atoms with Crippen LogP contribution in [0.2, 0.25) is 0 Å². The normalized spacial score (nSPS) is 13.8. The van der Waals surface area contributed by atoms with Gasteiger partial charge in [0.15, 0.2) is 0 Å². The monoisotopic (exact) mass is 266 g/mol. The highest BCUT2D eigenvalue weighted by Crippen LogP contribution is 2.15. The van der Waals surface area contributed by atoms with Gasteiger partial charge in [-0.1, -0.05) is 52.4 Å². The van der Waals surface area contributed by atoms with E-state index in [1.54, 1.807) is 0 Å². The maximum Gasteiger partial charge on any atom is 0.397 e. The number of rotatable bonds is 11. The van der Waals surface area contributed by atoms with Crippen LogP contribution in [0.25, 0.3) is 0 Å². The molecule has 0 aromatic rings. The second-order valence-electron chi connectivity index (χ2n) is 4.70. The molecule has 0 radical (unpaired) electrons. The summed E-state index contributed by atoms with van der Waals surface area (Å²) in [5.41, 5.74) is 0. The van der Waals surface area contributed by atoms with Crippen LogP contribution < -0.4 is 0 Å². The number of unbranched alkanes of at least 4 members (excludes halogenated alkanes) is 4. The van der Waals surface area contributed by atoms with E-state index < -0.39 is 10.4 Å². The first-order chi connectivity index (χ1) is 7.95. The molecular formula is C12H26O4S. The third-order valence-electron chi connectivity index (χ3n) is 2.87. The second kappa shape index (κ2) is 9.85. The van der Waals surface area contributed by atoms with Crippen LogP contribution in [0.5, 0.6) is 0 Å². The lowest BCUT2D eigenvalue weighted by Crippen LogP contribution is -2.06. The predicted molar refractivity (Wildman–Crippen MR) is 69.3 cm³/mol. The Morgan fingerprint density at radius 2 is 1.65 bits per heavy atom. The Morgan fingerprint density at radius 3 is 2.24 bits per heavy atom. The molecule has 0 heterocycles. The third kappa shape index (κ3) is 13.8. The molecule has 5 heteroatoms. The van der Waals surface area contributed by atoms with Gasteiger partial charge in [0, 0.05) is 0 Å². The van der Waals surface area contributed by atoms with Gasteiger partial charge < -0.3 is 0 Å². The van der Waals surface area contributed by atoms with Crippen molar-refractivity contribution < 1.29 is 17.2 Å². The molecule has 0 amide bonds. The van der Waals surface area contributed by atoms with Gasteiger partial charge in [-0.05, 0) is 18.8 Å². The first-order valence-corrected chi connectivity index (χ1v) is 7.94. The summed E-state index contributed by atoms with van der Waals surface area (Å²) in [4.78, 5) is 0. The number of hydrogen-bond donors (Lipinski definition) is 1. The highest BCUT2D eigenvalue weighted by Gasteiger charge is 2.06. The quantitative estimate of drug-likeness (QED) is 0.458. The van der Waals surface area contributed by atoms with Gasteiger partial charge in [-0.3, -0.25) is 4.55 Å². The minimum Gasteiger partial charge on any atom is -0.264 e.